The third-order valence-electron chi connectivity index (χ3n) is 5.63. The van der Waals surface area contributed by atoms with Gasteiger partial charge in [0.25, 0.3) is 5.91 Å². The minimum Gasteiger partial charge on any atom is -0.393 e. The number of hydrogen-bond acceptors (Lipinski definition) is 4. The van der Waals surface area contributed by atoms with E-state index in [9.17, 15) is 14.3 Å². The summed E-state index contributed by atoms with van der Waals surface area (Å²) in [6.07, 6.45) is 3.94. The van der Waals surface area contributed by atoms with E-state index in [0.29, 0.717) is 31.6 Å². The van der Waals surface area contributed by atoms with Crippen molar-refractivity contribution in [2.24, 2.45) is 0 Å². The number of carbonyl (C=O) groups is 1. The number of hydrogen-bond donors (Lipinski definition) is 3. The molecule has 1 fully saturated rings. The Bertz CT molecular complexity index is 843. The average Bonchev–Trinajstić information content (AvgIpc) is 3.26. The molecule has 1 atom stereocenters. The van der Waals surface area contributed by atoms with Crippen LogP contribution < -0.4 is 10.2 Å². The van der Waals surface area contributed by atoms with Gasteiger partial charge in [-0.25, -0.2) is 4.39 Å². The normalized spacial score (nSPS) is 18.4. The molecule has 27 heavy (non-hydrogen) atoms. The van der Waals surface area contributed by atoms with Crippen molar-refractivity contribution >= 4 is 11.6 Å². The van der Waals surface area contributed by atoms with Gasteiger partial charge < -0.3 is 15.3 Å². The lowest BCUT2D eigenvalue weighted by molar-refractivity contribution is 0.0934. The number of aromatic amines is 1. The lowest BCUT2D eigenvalue weighted by Crippen LogP contribution is -2.37. The van der Waals surface area contributed by atoms with Gasteiger partial charge in [0.15, 0.2) is 5.69 Å². The second kappa shape index (κ2) is 7.31. The van der Waals surface area contributed by atoms with Crippen molar-refractivity contribution in [2.45, 2.75) is 51.2 Å². The zero-order valence-electron chi connectivity index (χ0n) is 15.5. The van der Waals surface area contributed by atoms with E-state index in [1.807, 2.05) is 6.92 Å². The molecule has 2 heterocycles. The Morgan fingerprint density at radius 1 is 1.37 bits per heavy atom. The number of halogens is 1. The van der Waals surface area contributed by atoms with Gasteiger partial charge in [-0.1, -0.05) is 0 Å². The van der Waals surface area contributed by atoms with E-state index < -0.39 is 0 Å². The smallest absolute Gasteiger partial charge is 0.272 e. The largest absolute Gasteiger partial charge is 0.393 e. The molecule has 0 bridgehead atoms. The van der Waals surface area contributed by atoms with Gasteiger partial charge in [0.1, 0.15) is 5.82 Å². The Morgan fingerprint density at radius 2 is 2.15 bits per heavy atom. The quantitative estimate of drug-likeness (QED) is 0.770. The van der Waals surface area contributed by atoms with Crippen LogP contribution >= 0.6 is 0 Å². The standard InChI is InChI=1S/C20H25FN4O2/c1-12(22-20(27)19-15-3-2-4-17(15)23-24-19)16-11-13(21)5-6-18(16)25-9-7-14(26)8-10-25/h5-6,11-12,14,26H,2-4,7-10H2,1H3,(H,22,27)(H,23,24). The number of aromatic nitrogens is 2. The average molecular weight is 372 g/mol. The van der Waals surface area contributed by atoms with E-state index in [2.05, 4.69) is 20.4 Å². The van der Waals surface area contributed by atoms with E-state index in [1.54, 1.807) is 6.07 Å². The van der Waals surface area contributed by atoms with Crippen LogP contribution in [-0.4, -0.2) is 40.4 Å². The molecule has 3 N–H and O–H groups in total. The Kier molecular flexibility index (Phi) is 4.86. The lowest BCUT2D eigenvalue weighted by atomic mass is 10.0. The molecule has 1 amide bonds. The highest BCUT2D eigenvalue weighted by atomic mass is 19.1. The van der Waals surface area contributed by atoms with Gasteiger partial charge >= 0.3 is 0 Å². The molecular weight excluding hydrogens is 347 g/mol. The molecule has 0 saturated carbocycles. The number of nitrogens with one attached hydrogen (secondary N) is 2. The molecule has 0 spiro atoms. The molecule has 144 valence electrons. The van der Waals surface area contributed by atoms with Crippen molar-refractivity contribution in [3.05, 3.63) is 46.5 Å². The minimum atomic E-state index is -0.358. The van der Waals surface area contributed by atoms with Crippen molar-refractivity contribution in [1.29, 1.82) is 0 Å². The maximum atomic E-state index is 13.9. The number of nitrogens with zero attached hydrogens (tertiary/aromatic N) is 2. The van der Waals surface area contributed by atoms with E-state index in [0.717, 1.165) is 41.8 Å². The molecule has 2 aromatic rings. The van der Waals surface area contributed by atoms with Crippen molar-refractivity contribution in [1.82, 2.24) is 15.5 Å². The summed E-state index contributed by atoms with van der Waals surface area (Å²) in [7, 11) is 0. The van der Waals surface area contributed by atoms with Crippen LogP contribution in [0.5, 0.6) is 0 Å². The summed E-state index contributed by atoms with van der Waals surface area (Å²) in [6, 6.07) is 4.33. The number of amides is 1. The highest BCUT2D eigenvalue weighted by molar-refractivity contribution is 5.94. The van der Waals surface area contributed by atoms with Gasteiger partial charge in [-0.3, -0.25) is 9.89 Å². The summed E-state index contributed by atoms with van der Waals surface area (Å²) in [6.45, 7) is 3.29. The van der Waals surface area contributed by atoms with Gasteiger partial charge in [0.2, 0.25) is 0 Å². The van der Waals surface area contributed by atoms with Gasteiger partial charge in [-0.2, -0.15) is 5.10 Å². The summed E-state index contributed by atoms with van der Waals surface area (Å²) in [5, 5.41) is 19.9. The van der Waals surface area contributed by atoms with E-state index in [-0.39, 0.29) is 23.9 Å². The first kappa shape index (κ1) is 18.0. The van der Waals surface area contributed by atoms with Crippen LogP contribution in [0.4, 0.5) is 10.1 Å². The van der Waals surface area contributed by atoms with Gasteiger partial charge in [0.05, 0.1) is 12.1 Å². The molecule has 4 rings (SSSR count). The molecule has 1 aliphatic heterocycles. The maximum Gasteiger partial charge on any atom is 0.272 e. The van der Waals surface area contributed by atoms with Crippen molar-refractivity contribution in [3.8, 4) is 0 Å². The zero-order chi connectivity index (χ0) is 19.0. The molecule has 6 nitrogen and oxygen atoms in total. The number of benzene rings is 1. The predicted octanol–water partition coefficient (Wildman–Crippen LogP) is 2.49. The molecule has 1 saturated heterocycles. The number of H-pyrrole nitrogens is 1. The fourth-order valence-electron chi connectivity index (χ4n) is 4.12. The second-order valence-electron chi connectivity index (χ2n) is 7.50. The molecular formula is C20H25FN4O2. The number of rotatable bonds is 4. The minimum absolute atomic E-state index is 0.230. The molecule has 1 aliphatic carbocycles. The SMILES string of the molecule is CC(NC(=O)c1n[nH]c2c1CCC2)c1cc(F)ccc1N1CCC(O)CC1. The van der Waals surface area contributed by atoms with Crippen LogP contribution in [-0.2, 0) is 12.8 Å². The second-order valence-corrected chi connectivity index (χ2v) is 7.50. The van der Waals surface area contributed by atoms with Crippen molar-refractivity contribution in [3.63, 3.8) is 0 Å². The number of carbonyl (C=O) groups excluding carboxylic acids is 1. The summed E-state index contributed by atoms with van der Waals surface area (Å²) in [4.78, 5) is 14.9. The van der Waals surface area contributed by atoms with Crippen LogP contribution in [0.2, 0.25) is 0 Å². The number of aryl methyl sites for hydroxylation is 1. The topological polar surface area (TPSA) is 81.2 Å². The van der Waals surface area contributed by atoms with Crippen LogP contribution in [0, 0.1) is 5.82 Å². The fourth-order valence-corrected chi connectivity index (χ4v) is 4.12. The zero-order valence-corrected chi connectivity index (χ0v) is 15.5. The lowest BCUT2D eigenvalue weighted by Gasteiger charge is -2.34. The first-order chi connectivity index (χ1) is 13.0. The van der Waals surface area contributed by atoms with E-state index in [1.165, 1.54) is 12.1 Å². The van der Waals surface area contributed by atoms with Gasteiger partial charge in [-0.15, -0.1) is 0 Å². The molecule has 1 aromatic carbocycles. The molecule has 1 aromatic heterocycles. The molecule has 0 radical (unpaired) electrons. The summed E-state index contributed by atoms with van der Waals surface area (Å²) in [5.41, 5.74) is 4.15. The predicted molar refractivity (Wildman–Crippen MR) is 100 cm³/mol. The number of anilines is 1. The third kappa shape index (κ3) is 3.56. The first-order valence-corrected chi connectivity index (χ1v) is 9.62. The highest BCUT2D eigenvalue weighted by Crippen LogP contribution is 2.30. The van der Waals surface area contributed by atoms with Crippen LogP contribution in [0.15, 0.2) is 18.2 Å². The van der Waals surface area contributed by atoms with Crippen LogP contribution in [0.3, 0.4) is 0 Å². The molecule has 2 aliphatic rings. The number of fused-ring (bicyclic) bond motifs is 1. The first-order valence-electron chi connectivity index (χ1n) is 9.62. The number of aliphatic hydroxyl groups is 1. The third-order valence-corrected chi connectivity index (χ3v) is 5.63. The van der Waals surface area contributed by atoms with Crippen LogP contribution in [0.25, 0.3) is 0 Å². The number of piperidine rings is 1. The van der Waals surface area contributed by atoms with Gasteiger partial charge in [0, 0.05) is 35.6 Å². The Morgan fingerprint density at radius 3 is 2.93 bits per heavy atom. The summed E-state index contributed by atoms with van der Waals surface area (Å²) in [5.74, 6) is -0.557. The Balaban J connectivity index is 1.55. The molecule has 1 unspecified atom stereocenters. The summed E-state index contributed by atoms with van der Waals surface area (Å²) < 4.78 is 13.9. The van der Waals surface area contributed by atoms with Crippen molar-refractivity contribution < 1.29 is 14.3 Å². The van der Waals surface area contributed by atoms with E-state index in [4.69, 9.17) is 0 Å². The Labute approximate surface area is 157 Å². The fraction of sp³-hybridized carbons (Fsp3) is 0.500. The monoisotopic (exact) mass is 372 g/mol. The Hall–Kier alpha value is -2.41. The van der Waals surface area contributed by atoms with Crippen molar-refractivity contribution in [2.75, 3.05) is 18.0 Å². The maximum absolute atomic E-state index is 13.9. The number of aliphatic hydroxyl groups excluding tert-OH is 1. The summed E-state index contributed by atoms with van der Waals surface area (Å²) >= 11 is 0. The highest BCUT2D eigenvalue weighted by Gasteiger charge is 2.26. The van der Waals surface area contributed by atoms with E-state index >= 15 is 0 Å². The van der Waals surface area contributed by atoms with Crippen LogP contribution in [0.1, 0.15) is 59.5 Å². The molecule has 7 heteroatoms. The van der Waals surface area contributed by atoms with Gasteiger partial charge in [-0.05, 0) is 57.2 Å².